The third kappa shape index (κ3) is 4.63. The number of unbranched alkanes of at least 4 members (excludes halogenated alkanes) is 2. The van der Waals surface area contributed by atoms with Crippen LogP contribution in [0.15, 0.2) is 23.8 Å². The molecule has 6 atom stereocenters. The second-order valence-electron chi connectivity index (χ2n) is 11.3. The minimum atomic E-state index is -2.00. The van der Waals surface area contributed by atoms with Crippen molar-refractivity contribution in [3.63, 3.8) is 0 Å². The fourth-order valence-corrected chi connectivity index (χ4v) is 8.64. The number of alkyl halides is 3. The van der Waals surface area contributed by atoms with Crippen molar-refractivity contribution in [2.45, 2.75) is 54.2 Å². The number of imide groups is 2. The predicted octanol–water partition coefficient (Wildman–Crippen LogP) is 3.77. The Morgan fingerprint density at radius 2 is 1.65 bits per heavy atom. The fourth-order valence-electron chi connectivity index (χ4n) is 7.22. The van der Waals surface area contributed by atoms with E-state index in [1.807, 2.05) is 6.08 Å². The van der Waals surface area contributed by atoms with Crippen LogP contribution in [0.4, 0.5) is 0 Å². The third-order valence-corrected chi connectivity index (χ3v) is 11.1. The number of hydrogen-bond donors (Lipinski definition) is 2. The van der Waals surface area contributed by atoms with E-state index in [1.165, 1.54) is 31.3 Å². The molecule has 1 aromatic carbocycles. The second kappa shape index (κ2) is 11.6. The first-order valence-electron chi connectivity index (χ1n) is 13.9. The van der Waals surface area contributed by atoms with Gasteiger partial charge in [0.05, 0.1) is 31.5 Å². The number of benzene rings is 1. The highest BCUT2D eigenvalue weighted by Gasteiger charge is 2.76. The summed E-state index contributed by atoms with van der Waals surface area (Å²) >= 11 is 17.7. The molecule has 4 aliphatic rings. The molecule has 11 nitrogen and oxygen atoms in total. The summed E-state index contributed by atoms with van der Waals surface area (Å²) in [5.41, 5.74) is 0.834. The smallest absolute Gasteiger partial charge is 0.303 e. The van der Waals surface area contributed by atoms with Crippen molar-refractivity contribution in [1.29, 1.82) is 0 Å². The van der Waals surface area contributed by atoms with E-state index in [-0.39, 0.29) is 60.3 Å². The highest BCUT2D eigenvalue weighted by molar-refractivity contribution is 9.09. The number of aliphatic carboxylic acids is 1. The van der Waals surface area contributed by atoms with E-state index >= 15 is 0 Å². The number of carboxylic acid groups (broad SMARTS) is 1. The third-order valence-electron chi connectivity index (χ3n) is 9.21. The quantitative estimate of drug-likeness (QED) is 0.122. The maximum absolute atomic E-state index is 13.9. The summed E-state index contributed by atoms with van der Waals surface area (Å²) in [6.07, 6.45) is 3.32. The van der Waals surface area contributed by atoms with Gasteiger partial charge >= 0.3 is 5.97 Å². The van der Waals surface area contributed by atoms with Crippen molar-refractivity contribution in [2.75, 3.05) is 26.2 Å². The summed E-state index contributed by atoms with van der Waals surface area (Å²) in [7, 11) is 2.70. The lowest BCUT2D eigenvalue weighted by atomic mass is 9.56. The Morgan fingerprint density at radius 1 is 1.00 bits per heavy atom. The molecule has 2 heterocycles. The minimum Gasteiger partial charge on any atom is -0.502 e. The van der Waals surface area contributed by atoms with E-state index in [1.54, 1.807) is 0 Å². The van der Waals surface area contributed by atoms with E-state index in [9.17, 15) is 29.1 Å². The Labute approximate surface area is 266 Å². The number of nitrogens with zero attached hydrogens (tertiary/aromatic N) is 2. The van der Waals surface area contributed by atoms with Crippen LogP contribution in [0.5, 0.6) is 17.2 Å². The summed E-state index contributed by atoms with van der Waals surface area (Å²) < 4.78 is 10.7. The Morgan fingerprint density at radius 3 is 2.23 bits per heavy atom. The van der Waals surface area contributed by atoms with Crippen LogP contribution in [0, 0.1) is 17.8 Å². The highest BCUT2D eigenvalue weighted by Crippen LogP contribution is 2.66. The van der Waals surface area contributed by atoms with Crippen molar-refractivity contribution in [3.05, 3.63) is 29.3 Å². The Hall–Kier alpha value is -2.83. The van der Waals surface area contributed by atoms with Crippen molar-refractivity contribution in [3.8, 4) is 17.2 Å². The van der Waals surface area contributed by atoms with E-state index in [4.69, 9.17) is 37.8 Å². The number of rotatable bonds is 10. The number of carboxylic acids is 1. The topological polar surface area (TPSA) is 151 Å². The number of phenolic OH excluding ortho intramolecular Hbond substituents is 1. The van der Waals surface area contributed by atoms with Gasteiger partial charge in [-0.05, 0) is 49.3 Å². The molecule has 232 valence electrons. The molecule has 14 heteroatoms. The molecule has 2 N–H and O–H groups in total. The molecule has 1 aromatic rings. The van der Waals surface area contributed by atoms with Gasteiger partial charge in [0.25, 0.3) is 11.8 Å². The van der Waals surface area contributed by atoms with E-state index in [0.29, 0.717) is 30.4 Å². The van der Waals surface area contributed by atoms with Gasteiger partial charge in [0.2, 0.25) is 17.6 Å². The number of methoxy groups -OCH3 is 2. The number of aromatic hydroxyl groups is 1. The molecule has 4 amide bonds. The first-order chi connectivity index (χ1) is 20.4. The number of allylic oxidation sites excluding steroid dienone is 2. The molecule has 0 spiro atoms. The molecule has 2 aliphatic heterocycles. The number of halogens is 3. The monoisotopic (exact) mass is 700 g/mol. The summed E-state index contributed by atoms with van der Waals surface area (Å²) in [5, 5.41) is 19.5. The zero-order valence-electron chi connectivity index (χ0n) is 23.5. The lowest BCUT2D eigenvalue weighted by Gasteiger charge is -2.50. The van der Waals surface area contributed by atoms with Crippen molar-refractivity contribution in [1.82, 2.24) is 9.80 Å². The van der Waals surface area contributed by atoms with Gasteiger partial charge < -0.3 is 19.7 Å². The molecule has 0 aromatic heterocycles. The molecule has 5 rings (SSSR count). The summed E-state index contributed by atoms with van der Waals surface area (Å²) in [6, 6.07) is 3.00. The minimum absolute atomic E-state index is 0.00681. The molecule has 0 unspecified atom stereocenters. The number of amides is 4. The van der Waals surface area contributed by atoms with Gasteiger partial charge in [0.15, 0.2) is 21.2 Å². The zero-order chi connectivity index (χ0) is 31.4. The van der Waals surface area contributed by atoms with Crippen LogP contribution in [0.3, 0.4) is 0 Å². The first-order valence-corrected chi connectivity index (χ1v) is 15.8. The number of carbonyl (C=O) groups is 5. The number of carbonyl (C=O) groups excluding carboxylic acids is 4. The van der Waals surface area contributed by atoms with E-state index in [2.05, 4.69) is 15.9 Å². The summed E-state index contributed by atoms with van der Waals surface area (Å²) in [5.74, 6) is -6.45. The number of phenols is 1. The molecular weight excluding hydrogens is 671 g/mol. The zero-order valence-corrected chi connectivity index (χ0v) is 26.6. The van der Waals surface area contributed by atoms with Crippen LogP contribution >= 0.6 is 39.1 Å². The molecule has 0 bridgehead atoms. The van der Waals surface area contributed by atoms with Crippen LogP contribution < -0.4 is 9.47 Å². The second-order valence-corrected chi connectivity index (χ2v) is 13.0. The van der Waals surface area contributed by atoms with Gasteiger partial charge in [-0.1, -0.05) is 34.0 Å². The molecular formula is C29H31BrCl2N2O9. The van der Waals surface area contributed by atoms with Gasteiger partial charge in [-0.2, -0.15) is 0 Å². The predicted molar refractivity (Wildman–Crippen MR) is 157 cm³/mol. The maximum Gasteiger partial charge on any atom is 0.303 e. The van der Waals surface area contributed by atoms with Crippen molar-refractivity contribution < 1.29 is 43.7 Å². The number of likely N-dealkylation sites (tertiary alicyclic amines) is 2. The largest absolute Gasteiger partial charge is 0.502 e. The fraction of sp³-hybridized carbons (Fsp3) is 0.552. The first kappa shape index (κ1) is 31.6. The molecule has 2 saturated heterocycles. The number of ether oxygens (including phenoxy) is 2. The number of hydrogen-bond acceptors (Lipinski definition) is 8. The molecule has 3 fully saturated rings. The summed E-state index contributed by atoms with van der Waals surface area (Å²) in [6.45, 7) is 0.155. The lowest BCUT2D eigenvalue weighted by molar-refractivity contribution is -0.141. The molecule has 0 radical (unpaired) electrons. The Bertz CT molecular complexity index is 1410. The van der Waals surface area contributed by atoms with E-state index in [0.717, 1.165) is 4.90 Å². The van der Waals surface area contributed by atoms with Crippen LogP contribution in [-0.2, 0) is 24.0 Å². The van der Waals surface area contributed by atoms with Crippen LogP contribution in [0.25, 0.3) is 0 Å². The molecule has 43 heavy (non-hydrogen) atoms. The van der Waals surface area contributed by atoms with Gasteiger partial charge in [-0.25, -0.2) is 0 Å². The standard InChI is InChI=1S/C29H31BrCl2N2O9/c1-42-18-10-14(11-19(43-2)23(18)37)22-15-7-8-16-21(25(39)33(24(16)38)9-5-3-4-6-20(35)36)17(15)12-28(31)26(40)34(13-30)27(41)29(22,28)32/h7,10-11,16-17,21-22,37H,3-6,8-9,12-13H2,1-2H3,(H,35,36)/t16-,17+,21-,22-,28+,29-/m0/s1. The van der Waals surface area contributed by atoms with Gasteiger partial charge in [-0.15, -0.1) is 23.2 Å². The van der Waals surface area contributed by atoms with Crippen LogP contribution in [0.1, 0.15) is 50.0 Å². The van der Waals surface area contributed by atoms with Crippen molar-refractivity contribution in [2.24, 2.45) is 17.8 Å². The van der Waals surface area contributed by atoms with Crippen LogP contribution in [-0.4, -0.2) is 85.6 Å². The lowest BCUT2D eigenvalue weighted by Crippen LogP contribution is -2.60. The van der Waals surface area contributed by atoms with E-state index < -0.39 is 51.2 Å². The average Bonchev–Trinajstić information content (AvgIpc) is 3.30. The molecule has 1 saturated carbocycles. The Kier molecular flexibility index (Phi) is 8.51. The van der Waals surface area contributed by atoms with Crippen molar-refractivity contribution >= 4 is 68.7 Å². The molecule has 2 aliphatic carbocycles. The van der Waals surface area contributed by atoms with Gasteiger partial charge in [0, 0.05) is 18.9 Å². The van der Waals surface area contributed by atoms with Crippen LogP contribution in [0.2, 0.25) is 0 Å². The SMILES string of the molecule is COc1cc([C@H]2C3=CC[C@@H]4C(=O)N(CCCCCC(=O)O)C(=O)[C@@H]4[C@@H]3C[C@@]3(Cl)C(=O)N(CBr)C(=O)[C@@]23Cl)cc(OC)c1O. The normalized spacial score (nSPS) is 31.5. The summed E-state index contributed by atoms with van der Waals surface area (Å²) in [4.78, 5) is 64.0. The van der Waals surface area contributed by atoms with Gasteiger partial charge in [-0.3, -0.25) is 33.8 Å². The Balaban J connectivity index is 1.59. The number of fused-ring (bicyclic) bond motifs is 4. The maximum atomic E-state index is 13.9. The van der Waals surface area contributed by atoms with Gasteiger partial charge in [0.1, 0.15) is 0 Å². The highest BCUT2D eigenvalue weighted by atomic mass is 79.9. The average molecular weight is 702 g/mol.